The predicted molar refractivity (Wildman–Crippen MR) is 123 cm³/mol. The van der Waals surface area contributed by atoms with Crippen LogP contribution in [0.2, 0.25) is 0 Å². The lowest BCUT2D eigenvalue weighted by atomic mass is 10.1. The highest BCUT2D eigenvalue weighted by Gasteiger charge is 2.08. The Balaban J connectivity index is 0.00000676. The van der Waals surface area contributed by atoms with E-state index < -0.39 is 0 Å². The number of aromatic nitrogens is 3. The minimum absolute atomic E-state index is 0. The molecule has 0 spiro atoms. The van der Waals surface area contributed by atoms with E-state index in [1.807, 2.05) is 25.5 Å². The molecule has 0 aliphatic heterocycles. The van der Waals surface area contributed by atoms with Crippen LogP contribution < -0.4 is 10.6 Å². The number of ether oxygens (including phenoxy) is 1. The molecule has 0 radical (unpaired) electrons. The third-order valence-corrected chi connectivity index (χ3v) is 4.40. The van der Waals surface area contributed by atoms with Crippen molar-refractivity contribution in [1.29, 1.82) is 0 Å². The molecule has 0 aliphatic rings. The van der Waals surface area contributed by atoms with Crippen molar-refractivity contribution in [2.24, 2.45) is 12.0 Å². The Morgan fingerprint density at radius 1 is 1.19 bits per heavy atom. The second-order valence-corrected chi connectivity index (χ2v) is 6.76. The van der Waals surface area contributed by atoms with Crippen LogP contribution in [0.5, 0.6) is 0 Å². The summed E-state index contributed by atoms with van der Waals surface area (Å²) in [4.78, 5) is 4.70. The van der Waals surface area contributed by atoms with E-state index in [9.17, 15) is 0 Å². The molecular formula is C19H39IN6O. The van der Waals surface area contributed by atoms with Gasteiger partial charge in [-0.1, -0.05) is 32.6 Å². The minimum Gasteiger partial charge on any atom is -0.382 e. The number of unbranched alkanes of at least 4 members (excludes halogenated alkanes) is 3. The monoisotopic (exact) mass is 494 g/mol. The van der Waals surface area contributed by atoms with E-state index in [0.717, 1.165) is 50.2 Å². The molecular weight excluding hydrogens is 455 g/mol. The molecule has 0 amide bonds. The molecule has 1 aromatic heterocycles. The van der Waals surface area contributed by atoms with Gasteiger partial charge in [0.2, 0.25) is 0 Å². The Labute approximate surface area is 182 Å². The molecule has 1 heterocycles. The predicted octanol–water partition coefficient (Wildman–Crippen LogP) is 3.56. The summed E-state index contributed by atoms with van der Waals surface area (Å²) < 4.78 is 7.37. The highest BCUT2D eigenvalue weighted by atomic mass is 127. The van der Waals surface area contributed by atoms with Gasteiger partial charge in [0.25, 0.3) is 0 Å². The number of hydrogen-bond acceptors (Lipinski definition) is 4. The van der Waals surface area contributed by atoms with Crippen molar-refractivity contribution in [3.63, 3.8) is 0 Å². The van der Waals surface area contributed by atoms with E-state index in [0.29, 0.717) is 12.6 Å². The van der Waals surface area contributed by atoms with Gasteiger partial charge in [-0.05, 0) is 33.6 Å². The summed E-state index contributed by atoms with van der Waals surface area (Å²) in [5, 5.41) is 15.2. The summed E-state index contributed by atoms with van der Waals surface area (Å²) in [5.74, 6) is 2.61. The van der Waals surface area contributed by atoms with Crippen LogP contribution in [0.3, 0.4) is 0 Å². The zero-order valence-electron chi connectivity index (χ0n) is 17.8. The van der Waals surface area contributed by atoms with E-state index >= 15 is 0 Å². The summed E-state index contributed by atoms with van der Waals surface area (Å²) in [6.45, 7) is 11.3. The molecule has 1 rings (SSSR count). The quantitative estimate of drug-likeness (QED) is 0.190. The maximum Gasteiger partial charge on any atom is 0.191 e. The molecule has 2 N–H and O–H groups in total. The molecule has 0 aliphatic carbocycles. The van der Waals surface area contributed by atoms with Gasteiger partial charge in [-0.2, -0.15) is 0 Å². The lowest BCUT2D eigenvalue weighted by Gasteiger charge is -2.18. The number of hydrogen-bond donors (Lipinski definition) is 2. The van der Waals surface area contributed by atoms with Gasteiger partial charge in [0.15, 0.2) is 11.8 Å². The topological polar surface area (TPSA) is 76.4 Å². The maximum atomic E-state index is 5.40. The normalized spacial score (nSPS) is 12.6. The molecule has 0 bridgehead atoms. The zero-order valence-corrected chi connectivity index (χ0v) is 20.1. The summed E-state index contributed by atoms with van der Waals surface area (Å²) in [7, 11) is 1.97. The molecule has 27 heavy (non-hydrogen) atoms. The van der Waals surface area contributed by atoms with Gasteiger partial charge in [0, 0.05) is 32.8 Å². The zero-order chi connectivity index (χ0) is 19.2. The van der Waals surface area contributed by atoms with E-state index in [-0.39, 0.29) is 24.0 Å². The van der Waals surface area contributed by atoms with Crippen LogP contribution in [0, 0.1) is 6.92 Å². The first-order valence-electron chi connectivity index (χ1n) is 10.1. The van der Waals surface area contributed by atoms with E-state index in [4.69, 9.17) is 9.73 Å². The number of aliphatic imine (C=N–C) groups is 1. The summed E-state index contributed by atoms with van der Waals surface area (Å²) in [6, 6.07) is 0.395. The van der Waals surface area contributed by atoms with E-state index in [1.165, 1.54) is 25.7 Å². The molecule has 0 aromatic carbocycles. The van der Waals surface area contributed by atoms with Crippen molar-refractivity contribution < 1.29 is 4.74 Å². The molecule has 0 fully saturated rings. The Morgan fingerprint density at radius 3 is 2.59 bits per heavy atom. The lowest BCUT2D eigenvalue weighted by Crippen LogP contribution is -2.43. The summed E-state index contributed by atoms with van der Waals surface area (Å²) in [6.07, 6.45) is 7.25. The van der Waals surface area contributed by atoms with Crippen molar-refractivity contribution >= 4 is 29.9 Å². The van der Waals surface area contributed by atoms with Gasteiger partial charge in [-0.3, -0.25) is 0 Å². The Kier molecular flexibility index (Phi) is 15.6. The molecule has 1 unspecified atom stereocenters. The standard InChI is InChI=1S/C19H38N6O.HI/c1-6-8-9-10-12-16(3)22-19(20-13-11-14-26-7-2)21-15-18-24-23-17(4)25(18)5;/h16H,6-15H2,1-5H3,(H2,20,21,22);1H. The van der Waals surface area contributed by atoms with Gasteiger partial charge in [0.1, 0.15) is 12.4 Å². The van der Waals surface area contributed by atoms with Crippen LogP contribution in [0.1, 0.15) is 70.9 Å². The molecule has 0 saturated carbocycles. The van der Waals surface area contributed by atoms with Gasteiger partial charge in [-0.15, -0.1) is 34.2 Å². The molecule has 7 nitrogen and oxygen atoms in total. The lowest BCUT2D eigenvalue weighted by molar-refractivity contribution is 0.145. The average molecular weight is 494 g/mol. The minimum atomic E-state index is 0. The fourth-order valence-corrected chi connectivity index (χ4v) is 2.60. The third-order valence-electron chi connectivity index (χ3n) is 4.40. The van der Waals surface area contributed by atoms with Crippen LogP contribution in [0.15, 0.2) is 4.99 Å². The van der Waals surface area contributed by atoms with Crippen molar-refractivity contribution in [2.45, 2.75) is 78.8 Å². The maximum absolute atomic E-state index is 5.40. The first kappa shape index (κ1) is 26.1. The number of nitrogens with zero attached hydrogens (tertiary/aromatic N) is 4. The number of halogens is 1. The Morgan fingerprint density at radius 2 is 1.96 bits per heavy atom. The number of nitrogens with one attached hydrogen (secondary N) is 2. The number of rotatable bonds is 13. The second kappa shape index (κ2) is 16.1. The number of guanidine groups is 1. The smallest absolute Gasteiger partial charge is 0.191 e. The number of aryl methyl sites for hydroxylation is 1. The fourth-order valence-electron chi connectivity index (χ4n) is 2.60. The summed E-state index contributed by atoms with van der Waals surface area (Å²) >= 11 is 0. The van der Waals surface area contributed by atoms with Gasteiger partial charge >= 0.3 is 0 Å². The van der Waals surface area contributed by atoms with E-state index in [1.54, 1.807) is 0 Å². The fraction of sp³-hybridized carbons (Fsp3) is 0.842. The van der Waals surface area contributed by atoms with Crippen molar-refractivity contribution in [3.8, 4) is 0 Å². The van der Waals surface area contributed by atoms with Gasteiger partial charge in [0.05, 0.1) is 0 Å². The SMILES string of the molecule is CCCCCCC(C)NC(=NCc1nnc(C)n1C)NCCCOCC.I. The van der Waals surface area contributed by atoms with Crippen molar-refractivity contribution in [2.75, 3.05) is 19.8 Å². The first-order valence-corrected chi connectivity index (χ1v) is 10.1. The van der Waals surface area contributed by atoms with Gasteiger partial charge in [-0.25, -0.2) is 4.99 Å². The molecule has 158 valence electrons. The molecule has 1 aromatic rings. The first-order chi connectivity index (χ1) is 12.6. The Hall–Kier alpha value is -0.900. The summed E-state index contributed by atoms with van der Waals surface area (Å²) in [5.41, 5.74) is 0. The van der Waals surface area contributed by atoms with Gasteiger partial charge < -0.3 is 19.9 Å². The second-order valence-electron chi connectivity index (χ2n) is 6.76. The highest BCUT2D eigenvalue weighted by Crippen LogP contribution is 2.05. The van der Waals surface area contributed by atoms with E-state index in [2.05, 4.69) is 34.7 Å². The Bertz CT molecular complexity index is 520. The van der Waals surface area contributed by atoms with Crippen molar-refractivity contribution in [1.82, 2.24) is 25.4 Å². The molecule has 1 atom stereocenters. The third kappa shape index (κ3) is 11.5. The highest BCUT2D eigenvalue weighted by molar-refractivity contribution is 14.0. The molecule has 8 heteroatoms. The van der Waals surface area contributed by atoms with Crippen LogP contribution in [0.4, 0.5) is 0 Å². The average Bonchev–Trinajstić information content (AvgIpc) is 2.95. The van der Waals surface area contributed by atoms with Crippen LogP contribution in [-0.4, -0.2) is 46.5 Å². The van der Waals surface area contributed by atoms with Crippen LogP contribution in [-0.2, 0) is 18.3 Å². The molecule has 0 saturated heterocycles. The van der Waals surface area contributed by atoms with Crippen LogP contribution in [0.25, 0.3) is 0 Å². The van der Waals surface area contributed by atoms with Crippen LogP contribution >= 0.6 is 24.0 Å². The van der Waals surface area contributed by atoms with Crippen molar-refractivity contribution in [3.05, 3.63) is 11.6 Å². The largest absolute Gasteiger partial charge is 0.382 e.